The van der Waals surface area contributed by atoms with Gasteiger partial charge >= 0.3 is 0 Å². The molecule has 2 N–H and O–H groups in total. The zero-order chi connectivity index (χ0) is 18.3. The minimum Gasteiger partial charge on any atom is -0.463 e. The fourth-order valence-electron chi connectivity index (χ4n) is 2.67. The molecule has 136 valence electrons. The number of furan rings is 1. The SMILES string of the molecule is CS(=O)(=O)N1CCc2nc(NC(=O)c3cc(-c4ccco4)[nH]n3)sc2C1. The van der Waals surface area contributed by atoms with Gasteiger partial charge < -0.3 is 4.42 Å². The molecule has 1 aliphatic heterocycles. The van der Waals surface area contributed by atoms with Crippen LogP contribution in [0.1, 0.15) is 21.1 Å². The third-order valence-corrected chi connectivity index (χ3v) is 6.23. The third kappa shape index (κ3) is 3.28. The molecule has 0 unspecified atom stereocenters. The summed E-state index contributed by atoms with van der Waals surface area (Å²) in [7, 11) is -3.24. The highest BCUT2D eigenvalue weighted by atomic mass is 32.2. The molecule has 4 heterocycles. The van der Waals surface area contributed by atoms with Gasteiger partial charge in [-0.2, -0.15) is 9.40 Å². The summed E-state index contributed by atoms with van der Waals surface area (Å²) in [5.74, 6) is 0.187. The molecule has 3 aromatic rings. The van der Waals surface area contributed by atoms with Gasteiger partial charge in [0.1, 0.15) is 5.69 Å². The molecule has 3 aromatic heterocycles. The normalized spacial score (nSPS) is 15.0. The number of sulfonamides is 1. The van der Waals surface area contributed by atoms with E-state index in [2.05, 4.69) is 20.5 Å². The molecule has 0 radical (unpaired) electrons. The van der Waals surface area contributed by atoms with E-state index in [-0.39, 0.29) is 12.2 Å². The zero-order valence-electron chi connectivity index (χ0n) is 13.7. The number of nitrogens with zero attached hydrogens (tertiary/aromatic N) is 3. The summed E-state index contributed by atoms with van der Waals surface area (Å²) in [6, 6.07) is 5.10. The molecule has 0 bridgehead atoms. The fraction of sp³-hybridized carbons (Fsp3) is 0.267. The topological polar surface area (TPSA) is 121 Å². The van der Waals surface area contributed by atoms with Crippen molar-refractivity contribution in [3.63, 3.8) is 0 Å². The maximum absolute atomic E-state index is 12.4. The van der Waals surface area contributed by atoms with Crippen molar-refractivity contribution in [3.8, 4) is 11.5 Å². The smallest absolute Gasteiger partial charge is 0.277 e. The Balaban J connectivity index is 1.49. The minimum atomic E-state index is -3.24. The molecule has 0 saturated carbocycles. The standard InChI is InChI=1S/C15H15N5O4S2/c1-26(22,23)20-5-4-9-13(8-20)25-15(16-9)17-14(21)11-7-10(18-19-11)12-3-2-6-24-12/h2-3,6-7H,4-5,8H2,1H3,(H,18,19)(H,16,17,21). The van der Waals surface area contributed by atoms with Crippen LogP contribution in [0.2, 0.25) is 0 Å². The zero-order valence-corrected chi connectivity index (χ0v) is 15.4. The molecular weight excluding hydrogens is 378 g/mol. The number of aromatic nitrogens is 3. The highest BCUT2D eigenvalue weighted by Crippen LogP contribution is 2.29. The molecular formula is C15H15N5O4S2. The second-order valence-corrected chi connectivity index (χ2v) is 8.90. The minimum absolute atomic E-state index is 0.210. The van der Waals surface area contributed by atoms with Gasteiger partial charge in [-0.05, 0) is 12.1 Å². The summed E-state index contributed by atoms with van der Waals surface area (Å²) in [6.07, 6.45) is 3.26. The Hall–Kier alpha value is -2.50. The monoisotopic (exact) mass is 393 g/mol. The molecule has 0 atom stereocenters. The molecule has 1 amide bonds. The maximum Gasteiger partial charge on any atom is 0.277 e. The molecule has 9 nitrogen and oxygen atoms in total. The average molecular weight is 393 g/mol. The quantitative estimate of drug-likeness (QED) is 0.696. The molecule has 4 rings (SSSR count). The van der Waals surface area contributed by atoms with Crippen LogP contribution < -0.4 is 5.32 Å². The molecule has 1 aliphatic rings. The van der Waals surface area contributed by atoms with Gasteiger partial charge in [0.25, 0.3) is 5.91 Å². The first-order valence-electron chi connectivity index (χ1n) is 7.74. The lowest BCUT2D eigenvalue weighted by Gasteiger charge is -2.23. The second kappa shape index (κ2) is 6.34. The van der Waals surface area contributed by atoms with Crippen molar-refractivity contribution in [2.75, 3.05) is 18.1 Å². The Morgan fingerprint density at radius 3 is 3.04 bits per heavy atom. The molecule has 26 heavy (non-hydrogen) atoms. The van der Waals surface area contributed by atoms with Gasteiger partial charge in [-0.15, -0.1) is 11.3 Å². The second-order valence-electron chi connectivity index (χ2n) is 5.83. The van der Waals surface area contributed by atoms with Crippen molar-refractivity contribution >= 4 is 32.4 Å². The van der Waals surface area contributed by atoms with Crippen LogP contribution in [0, 0.1) is 0 Å². The van der Waals surface area contributed by atoms with Gasteiger partial charge in [-0.25, -0.2) is 13.4 Å². The molecule has 11 heteroatoms. The van der Waals surface area contributed by atoms with E-state index in [9.17, 15) is 13.2 Å². The van der Waals surface area contributed by atoms with E-state index in [0.717, 1.165) is 10.6 Å². The Morgan fingerprint density at radius 1 is 1.46 bits per heavy atom. The largest absolute Gasteiger partial charge is 0.463 e. The predicted molar refractivity (Wildman–Crippen MR) is 95.3 cm³/mol. The molecule has 0 saturated heterocycles. The summed E-state index contributed by atoms with van der Waals surface area (Å²) in [4.78, 5) is 17.6. The van der Waals surface area contributed by atoms with E-state index in [1.165, 1.54) is 28.2 Å². The molecule has 0 fully saturated rings. The van der Waals surface area contributed by atoms with Crippen molar-refractivity contribution in [2.45, 2.75) is 13.0 Å². The van der Waals surface area contributed by atoms with Crippen LogP contribution in [0.25, 0.3) is 11.5 Å². The number of nitrogens with one attached hydrogen (secondary N) is 2. The number of thiazole rings is 1. The Labute approximate surface area is 153 Å². The van der Waals surface area contributed by atoms with Gasteiger partial charge in [0.15, 0.2) is 16.6 Å². The van der Waals surface area contributed by atoms with Crippen LogP contribution in [0.4, 0.5) is 5.13 Å². The maximum atomic E-state index is 12.4. The Bertz CT molecular complexity index is 1050. The van der Waals surface area contributed by atoms with Crippen molar-refractivity contribution in [2.24, 2.45) is 0 Å². The Kier molecular flexibility index (Phi) is 4.13. The lowest BCUT2D eigenvalue weighted by atomic mass is 10.2. The summed E-state index contributed by atoms with van der Waals surface area (Å²) < 4.78 is 30.0. The van der Waals surface area contributed by atoms with E-state index in [4.69, 9.17) is 4.42 Å². The first-order chi connectivity index (χ1) is 12.4. The van der Waals surface area contributed by atoms with Crippen LogP contribution in [0.5, 0.6) is 0 Å². The number of fused-ring (bicyclic) bond motifs is 1. The van der Waals surface area contributed by atoms with Gasteiger partial charge in [0.05, 0.1) is 18.2 Å². The van der Waals surface area contributed by atoms with E-state index >= 15 is 0 Å². The van der Waals surface area contributed by atoms with Gasteiger partial charge in [0, 0.05) is 30.5 Å². The van der Waals surface area contributed by atoms with Crippen LogP contribution in [0.15, 0.2) is 28.9 Å². The lowest BCUT2D eigenvalue weighted by molar-refractivity contribution is 0.102. The van der Waals surface area contributed by atoms with Gasteiger partial charge in [-0.3, -0.25) is 15.2 Å². The summed E-state index contributed by atoms with van der Waals surface area (Å²) in [5, 5.41) is 9.88. The fourth-order valence-corrected chi connectivity index (χ4v) is 4.55. The first-order valence-corrected chi connectivity index (χ1v) is 10.4. The Morgan fingerprint density at radius 2 is 2.31 bits per heavy atom. The number of hydrogen-bond donors (Lipinski definition) is 2. The number of H-pyrrole nitrogens is 1. The van der Waals surface area contributed by atoms with E-state index < -0.39 is 15.9 Å². The highest BCUT2D eigenvalue weighted by Gasteiger charge is 2.26. The third-order valence-electron chi connectivity index (χ3n) is 3.98. The number of carbonyl (C=O) groups excluding carboxylic acids is 1. The number of anilines is 1. The van der Waals surface area contributed by atoms with Crippen LogP contribution in [0.3, 0.4) is 0 Å². The summed E-state index contributed by atoms with van der Waals surface area (Å²) in [6.45, 7) is 0.682. The van der Waals surface area contributed by atoms with Gasteiger partial charge in [0.2, 0.25) is 10.0 Å². The van der Waals surface area contributed by atoms with E-state index in [0.29, 0.717) is 29.6 Å². The van der Waals surface area contributed by atoms with Crippen LogP contribution in [-0.4, -0.2) is 46.6 Å². The molecule has 0 spiro atoms. The van der Waals surface area contributed by atoms with Crippen molar-refractivity contribution in [1.82, 2.24) is 19.5 Å². The number of carbonyl (C=O) groups is 1. The lowest BCUT2D eigenvalue weighted by Crippen LogP contribution is -2.34. The number of amides is 1. The van der Waals surface area contributed by atoms with Crippen molar-refractivity contribution in [3.05, 3.63) is 40.7 Å². The number of rotatable bonds is 4. The van der Waals surface area contributed by atoms with Gasteiger partial charge in [-0.1, -0.05) is 0 Å². The van der Waals surface area contributed by atoms with Crippen molar-refractivity contribution in [1.29, 1.82) is 0 Å². The van der Waals surface area contributed by atoms with E-state index in [1.807, 2.05) is 0 Å². The highest BCUT2D eigenvalue weighted by molar-refractivity contribution is 7.88. The summed E-state index contributed by atoms with van der Waals surface area (Å²) >= 11 is 1.28. The average Bonchev–Trinajstić information content (AvgIpc) is 3.32. The summed E-state index contributed by atoms with van der Waals surface area (Å²) in [5.41, 5.74) is 1.63. The predicted octanol–water partition coefficient (Wildman–Crippen LogP) is 1.70. The van der Waals surface area contributed by atoms with Crippen LogP contribution in [-0.2, 0) is 23.0 Å². The van der Waals surface area contributed by atoms with Crippen molar-refractivity contribution < 1.29 is 17.6 Å². The van der Waals surface area contributed by atoms with E-state index in [1.54, 1.807) is 18.2 Å². The molecule has 0 aromatic carbocycles. The molecule has 0 aliphatic carbocycles. The number of aromatic amines is 1. The number of hydrogen-bond acceptors (Lipinski definition) is 7. The van der Waals surface area contributed by atoms with Crippen LogP contribution >= 0.6 is 11.3 Å². The first kappa shape index (κ1) is 16.9.